The molecule has 1 saturated carbocycles. The molecule has 1 spiro atoms. The van der Waals surface area contributed by atoms with Gasteiger partial charge in [-0.3, -0.25) is 4.79 Å². The topological polar surface area (TPSA) is 66.9 Å². The molecule has 0 bridgehead atoms. The highest BCUT2D eigenvalue weighted by atomic mass is 79.9. The van der Waals surface area contributed by atoms with Crippen molar-refractivity contribution < 1.29 is 19.1 Å². The van der Waals surface area contributed by atoms with E-state index in [2.05, 4.69) is 15.9 Å². The van der Waals surface area contributed by atoms with Gasteiger partial charge in [-0.15, -0.1) is 0 Å². The second kappa shape index (κ2) is 9.51. The molecule has 9 heteroatoms. The maximum Gasteiger partial charge on any atom is 0.419 e. The second-order valence-corrected chi connectivity index (χ2v) is 11.1. The minimum Gasteiger partial charge on any atom is -0.443 e. The van der Waals surface area contributed by atoms with Gasteiger partial charge in [0.15, 0.2) is 0 Å². The molecule has 34 heavy (non-hydrogen) atoms. The van der Waals surface area contributed by atoms with Crippen LogP contribution in [0.5, 0.6) is 0 Å². The van der Waals surface area contributed by atoms with E-state index in [-0.39, 0.29) is 29.1 Å². The Labute approximate surface area is 218 Å². The summed E-state index contributed by atoms with van der Waals surface area (Å²) in [5.41, 5.74) is -1.16. The van der Waals surface area contributed by atoms with Crippen LogP contribution in [0.25, 0.3) is 0 Å². The SMILES string of the molecule is C.CC(C)(C)OC(=O)N1C(=O)N(c2cc(Cl)cc(Cl)c2)C(=O)[C@]12CCC[C@H]2c1ccc(Br)cc1. The fraction of sp³-hybridized carbons (Fsp3) is 0.400. The number of nitrogens with zero attached hydrogens (tertiary/aromatic N) is 2. The third-order valence-electron chi connectivity index (χ3n) is 5.94. The van der Waals surface area contributed by atoms with Crippen molar-refractivity contribution in [2.75, 3.05) is 4.90 Å². The van der Waals surface area contributed by atoms with Crippen LogP contribution in [0.1, 0.15) is 58.9 Å². The summed E-state index contributed by atoms with van der Waals surface area (Å²) in [4.78, 5) is 43.1. The van der Waals surface area contributed by atoms with Gasteiger partial charge in [0.25, 0.3) is 5.91 Å². The van der Waals surface area contributed by atoms with E-state index in [1.165, 1.54) is 18.2 Å². The number of carbonyl (C=O) groups is 3. The number of anilines is 1. The summed E-state index contributed by atoms with van der Waals surface area (Å²) in [5.74, 6) is -0.865. The summed E-state index contributed by atoms with van der Waals surface area (Å²) in [6.07, 6.45) is 0.802. The quantitative estimate of drug-likeness (QED) is 0.346. The molecule has 2 aromatic carbocycles. The Morgan fingerprint density at radius 2 is 1.68 bits per heavy atom. The molecular weight excluding hydrogens is 543 g/mol. The van der Waals surface area contributed by atoms with Crippen LogP contribution >= 0.6 is 39.1 Å². The van der Waals surface area contributed by atoms with E-state index in [0.29, 0.717) is 19.3 Å². The standard InChI is InChI=1S/C24H23BrCl2N2O4.CH4/c1-23(2,3)33-22(32)29-21(31)28(18-12-16(26)11-17(27)13-18)20(30)24(29)10-4-5-19(24)14-6-8-15(25)9-7-14;/h6-9,11-13,19H,4-5,10H2,1-3H3;1H4/t19-,24+;/m0./s1. The average molecular weight is 570 g/mol. The monoisotopic (exact) mass is 568 g/mol. The van der Waals surface area contributed by atoms with Crippen LogP contribution in [0.4, 0.5) is 15.3 Å². The van der Waals surface area contributed by atoms with E-state index >= 15 is 0 Å². The van der Waals surface area contributed by atoms with Gasteiger partial charge in [0.2, 0.25) is 0 Å². The number of urea groups is 1. The van der Waals surface area contributed by atoms with E-state index in [1.807, 2.05) is 24.3 Å². The molecule has 0 aromatic heterocycles. The highest BCUT2D eigenvalue weighted by Gasteiger charge is 2.66. The molecule has 1 aliphatic carbocycles. The Balaban J connectivity index is 0.00000324. The van der Waals surface area contributed by atoms with Crippen molar-refractivity contribution in [3.8, 4) is 0 Å². The van der Waals surface area contributed by atoms with Crippen molar-refractivity contribution in [1.29, 1.82) is 0 Å². The number of rotatable bonds is 2. The minimum atomic E-state index is -1.40. The lowest BCUT2D eigenvalue weighted by molar-refractivity contribution is -0.125. The van der Waals surface area contributed by atoms with Crippen molar-refractivity contribution in [2.24, 2.45) is 0 Å². The predicted octanol–water partition coefficient (Wildman–Crippen LogP) is 7.80. The largest absolute Gasteiger partial charge is 0.443 e. The van der Waals surface area contributed by atoms with Gasteiger partial charge in [0, 0.05) is 20.4 Å². The summed E-state index contributed by atoms with van der Waals surface area (Å²) in [6, 6.07) is 11.3. The summed E-state index contributed by atoms with van der Waals surface area (Å²) < 4.78 is 6.48. The second-order valence-electron chi connectivity index (χ2n) is 9.29. The predicted molar refractivity (Wildman–Crippen MR) is 138 cm³/mol. The maximum atomic E-state index is 14.1. The molecule has 1 heterocycles. The van der Waals surface area contributed by atoms with Gasteiger partial charge in [-0.05, 0) is 75.9 Å². The Hall–Kier alpha value is -2.09. The van der Waals surface area contributed by atoms with Gasteiger partial charge in [0.1, 0.15) is 11.1 Å². The number of benzene rings is 2. The lowest BCUT2D eigenvalue weighted by Gasteiger charge is -2.36. The highest BCUT2D eigenvalue weighted by Crippen LogP contribution is 2.52. The highest BCUT2D eigenvalue weighted by molar-refractivity contribution is 9.10. The molecule has 2 atom stereocenters. The fourth-order valence-electron chi connectivity index (χ4n) is 4.74. The molecule has 0 N–H and O–H groups in total. The van der Waals surface area contributed by atoms with Crippen LogP contribution in [0.15, 0.2) is 46.9 Å². The van der Waals surface area contributed by atoms with Gasteiger partial charge in [-0.25, -0.2) is 19.4 Å². The zero-order chi connectivity index (χ0) is 24.1. The molecular formula is C25H27BrCl2N2O4. The first-order valence-electron chi connectivity index (χ1n) is 10.6. The van der Waals surface area contributed by atoms with Crippen LogP contribution in [0.2, 0.25) is 10.0 Å². The molecule has 0 unspecified atom stereocenters. The van der Waals surface area contributed by atoms with Crippen molar-refractivity contribution in [3.63, 3.8) is 0 Å². The first kappa shape index (κ1) is 26.5. The van der Waals surface area contributed by atoms with Gasteiger partial charge in [-0.1, -0.05) is 58.7 Å². The zero-order valence-electron chi connectivity index (χ0n) is 18.4. The number of halogens is 3. The van der Waals surface area contributed by atoms with Crippen LogP contribution in [-0.4, -0.2) is 34.1 Å². The molecule has 2 aromatic rings. The molecule has 182 valence electrons. The van der Waals surface area contributed by atoms with Crippen LogP contribution in [-0.2, 0) is 9.53 Å². The van der Waals surface area contributed by atoms with E-state index in [1.54, 1.807) is 20.8 Å². The summed E-state index contributed by atoms with van der Waals surface area (Å²) in [6.45, 7) is 5.15. The Bertz CT molecular complexity index is 1110. The van der Waals surface area contributed by atoms with Gasteiger partial charge in [-0.2, -0.15) is 0 Å². The normalized spacial score (nSPS) is 22.4. The molecule has 0 radical (unpaired) electrons. The molecule has 6 nitrogen and oxygen atoms in total. The fourth-order valence-corrected chi connectivity index (χ4v) is 5.52. The van der Waals surface area contributed by atoms with Crippen molar-refractivity contribution in [2.45, 2.75) is 64.5 Å². The Kier molecular flexibility index (Phi) is 7.42. The number of hydrogen-bond acceptors (Lipinski definition) is 4. The summed E-state index contributed by atoms with van der Waals surface area (Å²) in [5, 5.41) is 0.553. The van der Waals surface area contributed by atoms with Gasteiger partial charge >= 0.3 is 12.1 Å². The number of amides is 4. The van der Waals surface area contributed by atoms with Crippen molar-refractivity contribution in [3.05, 3.63) is 62.5 Å². The first-order chi connectivity index (χ1) is 15.4. The number of imide groups is 2. The van der Waals surface area contributed by atoms with E-state index in [9.17, 15) is 14.4 Å². The van der Waals surface area contributed by atoms with E-state index in [0.717, 1.165) is 19.8 Å². The van der Waals surface area contributed by atoms with Gasteiger partial charge in [0.05, 0.1) is 5.69 Å². The lowest BCUT2D eigenvalue weighted by atomic mass is 9.80. The maximum absolute atomic E-state index is 14.1. The number of ether oxygens (including phenoxy) is 1. The molecule has 4 rings (SSSR count). The summed E-state index contributed by atoms with van der Waals surface area (Å²) >= 11 is 15.7. The minimum absolute atomic E-state index is 0. The van der Waals surface area contributed by atoms with Crippen LogP contribution in [0, 0.1) is 0 Å². The van der Waals surface area contributed by atoms with Crippen molar-refractivity contribution in [1.82, 2.24) is 4.90 Å². The first-order valence-corrected chi connectivity index (χ1v) is 12.1. The molecule has 1 saturated heterocycles. The molecule has 2 aliphatic rings. The van der Waals surface area contributed by atoms with Crippen molar-refractivity contribution >= 4 is 62.9 Å². The Morgan fingerprint density at radius 3 is 2.24 bits per heavy atom. The third-order valence-corrected chi connectivity index (χ3v) is 6.90. The van der Waals surface area contributed by atoms with Gasteiger partial charge < -0.3 is 4.74 Å². The van der Waals surface area contributed by atoms with E-state index < -0.39 is 29.2 Å². The number of carbonyl (C=O) groups excluding carboxylic acids is 3. The lowest BCUT2D eigenvalue weighted by Crippen LogP contribution is -2.55. The third kappa shape index (κ3) is 4.58. The molecule has 4 amide bonds. The Morgan fingerprint density at radius 1 is 1.09 bits per heavy atom. The van der Waals surface area contributed by atoms with Crippen LogP contribution in [0.3, 0.4) is 0 Å². The average Bonchev–Trinajstić information content (AvgIpc) is 3.20. The summed E-state index contributed by atoms with van der Waals surface area (Å²) in [7, 11) is 0. The molecule has 2 fully saturated rings. The zero-order valence-corrected chi connectivity index (χ0v) is 21.5. The molecule has 1 aliphatic heterocycles. The van der Waals surface area contributed by atoms with Crippen LogP contribution < -0.4 is 4.90 Å². The number of hydrogen-bond donors (Lipinski definition) is 0. The van der Waals surface area contributed by atoms with E-state index in [4.69, 9.17) is 27.9 Å². The smallest absolute Gasteiger partial charge is 0.419 e.